The molecule has 0 amide bonds. The van der Waals surface area contributed by atoms with Crippen molar-refractivity contribution in [3.8, 4) is 0 Å². The highest BCUT2D eigenvalue weighted by atomic mass is 15.2. The third-order valence-corrected chi connectivity index (χ3v) is 4.04. The topological polar surface area (TPSA) is 18.5 Å². The Kier molecular flexibility index (Phi) is 4.62. The van der Waals surface area contributed by atoms with Gasteiger partial charge < -0.3 is 10.2 Å². The van der Waals surface area contributed by atoms with E-state index in [1.807, 2.05) is 0 Å². The van der Waals surface area contributed by atoms with Gasteiger partial charge in [-0.3, -0.25) is 4.90 Å². The van der Waals surface area contributed by atoms with Gasteiger partial charge >= 0.3 is 0 Å². The van der Waals surface area contributed by atoms with Gasteiger partial charge in [-0.15, -0.1) is 0 Å². The molecule has 2 heterocycles. The molecule has 0 bridgehead atoms. The van der Waals surface area contributed by atoms with Crippen LogP contribution < -0.4 is 5.32 Å². The lowest BCUT2D eigenvalue weighted by Gasteiger charge is -2.30. The van der Waals surface area contributed by atoms with Gasteiger partial charge in [-0.2, -0.15) is 0 Å². The Bertz CT molecular complexity index is 207. The van der Waals surface area contributed by atoms with Crippen LogP contribution in [0.4, 0.5) is 0 Å². The van der Waals surface area contributed by atoms with Crippen molar-refractivity contribution in [1.29, 1.82) is 0 Å². The number of nitrogens with zero attached hydrogens (tertiary/aromatic N) is 2. The van der Waals surface area contributed by atoms with Crippen LogP contribution in [0.25, 0.3) is 0 Å². The van der Waals surface area contributed by atoms with Crippen molar-refractivity contribution in [3.63, 3.8) is 0 Å². The van der Waals surface area contributed by atoms with Crippen LogP contribution in [0, 0.1) is 5.92 Å². The molecule has 0 aliphatic carbocycles. The molecule has 2 aliphatic rings. The van der Waals surface area contributed by atoms with Gasteiger partial charge in [0.2, 0.25) is 0 Å². The predicted molar refractivity (Wildman–Crippen MR) is 68.7 cm³/mol. The average molecular weight is 225 g/mol. The molecule has 0 radical (unpaired) electrons. The summed E-state index contributed by atoms with van der Waals surface area (Å²) in [4.78, 5) is 5.33. The van der Waals surface area contributed by atoms with Crippen LogP contribution in [0.1, 0.15) is 26.7 Å². The normalized spacial score (nSPS) is 34.1. The Morgan fingerprint density at radius 1 is 1.31 bits per heavy atom. The van der Waals surface area contributed by atoms with Crippen LogP contribution in [-0.4, -0.2) is 61.7 Å². The Morgan fingerprint density at radius 3 is 3.00 bits per heavy atom. The van der Waals surface area contributed by atoms with E-state index in [1.165, 1.54) is 58.7 Å². The Morgan fingerprint density at radius 2 is 2.19 bits per heavy atom. The van der Waals surface area contributed by atoms with Crippen molar-refractivity contribution >= 4 is 0 Å². The van der Waals surface area contributed by atoms with Gasteiger partial charge in [0, 0.05) is 32.2 Å². The quantitative estimate of drug-likeness (QED) is 0.773. The summed E-state index contributed by atoms with van der Waals surface area (Å²) in [5.74, 6) is 0.805. The van der Waals surface area contributed by atoms with Crippen LogP contribution in [0.5, 0.6) is 0 Å². The minimum atomic E-state index is 0.805. The second kappa shape index (κ2) is 5.99. The number of hydrogen-bond donors (Lipinski definition) is 1. The maximum atomic E-state index is 3.52. The van der Waals surface area contributed by atoms with Crippen molar-refractivity contribution < 1.29 is 0 Å². The summed E-state index contributed by atoms with van der Waals surface area (Å²) in [6.07, 6.45) is 2.81. The number of likely N-dealkylation sites (tertiary alicyclic amines) is 1. The summed E-state index contributed by atoms with van der Waals surface area (Å²) in [5, 5.41) is 3.52. The monoisotopic (exact) mass is 225 g/mol. The molecule has 94 valence electrons. The molecule has 0 aromatic carbocycles. The molecule has 16 heavy (non-hydrogen) atoms. The lowest BCUT2D eigenvalue weighted by atomic mass is 10.1. The molecule has 3 heteroatoms. The second-order valence-corrected chi connectivity index (χ2v) is 5.49. The van der Waals surface area contributed by atoms with Crippen molar-refractivity contribution in [2.75, 3.05) is 45.8 Å². The van der Waals surface area contributed by atoms with Gasteiger partial charge in [0.25, 0.3) is 0 Å². The maximum Gasteiger partial charge on any atom is 0.0223 e. The highest BCUT2D eigenvalue weighted by Crippen LogP contribution is 2.18. The molecule has 0 aromatic rings. The number of nitrogens with one attached hydrogen (secondary N) is 1. The van der Waals surface area contributed by atoms with Crippen LogP contribution >= 0.6 is 0 Å². The third-order valence-electron chi connectivity index (χ3n) is 4.04. The van der Waals surface area contributed by atoms with E-state index in [2.05, 4.69) is 29.0 Å². The van der Waals surface area contributed by atoms with Crippen molar-refractivity contribution in [2.45, 2.75) is 32.7 Å². The first-order valence-electron chi connectivity index (χ1n) is 6.96. The lowest BCUT2D eigenvalue weighted by Crippen LogP contribution is -2.42. The fraction of sp³-hybridized carbons (Fsp3) is 1.00. The molecule has 2 rings (SSSR count). The first kappa shape index (κ1) is 12.3. The molecule has 1 N–H and O–H groups in total. The molecule has 2 saturated heterocycles. The maximum absolute atomic E-state index is 3.52. The summed E-state index contributed by atoms with van der Waals surface area (Å²) in [6, 6.07) is 0.829. The summed E-state index contributed by atoms with van der Waals surface area (Å²) in [7, 11) is 0. The molecule has 0 spiro atoms. The van der Waals surface area contributed by atoms with Crippen LogP contribution in [0.3, 0.4) is 0 Å². The Labute approximate surface area is 100 Å². The van der Waals surface area contributed by atoms with Crippen molar-refractivity contribution in [1.82, 2.24) is 15.1 Å². The molecule has 3 nitrogen and oxygen atoms in total. The van der Waals surface area contributed by atoms with Gasteiger partial charge in [-0.05, 0) is 38.4 Å². The summed E-state index contributed by atoms with van der Waals surface area (Å²) < 4.78 is 0. The van der Waals surface area contributed by atoms with Gasteiger partial charge in [0.1, 0.15) is 0 Å². The van der Waals surface area contributed by atoms with Gasteiger partial charge in [0.15, 0.2) is 0 Å². The largest absolute Gasteiger partial charge is 0.315 e. The minimum Gasteiger partial charge on any atom is -0.315 e. The zero-order chi connectivity index (χ0) is 11.4. The minimum absolute atomic E-state index is 0.805. The number of rotatable bonds is 3. The van der Waals surface area contributed by atoms with Crippen LogP contribution in [-0.2, 0) is 0 Å². The molecule has 2 fully saturated rings. The first-order valence-corrected chi connectivity index (χ1v) is 6.96. The molecular formula is C13H27N3. The van der Waals surface area contributed by atoms with Gasteiger partial charge in [-0.25, -0.2) is 0 Å². The highest BCUT2D eigenvalue weighted by molar-refractivity contribution is 4.83. The van der Waals surface area contributed by atoms with Crippen molar-refractivity contribution in [2.24, 2.45) is 5.92 Å². The second-order valence-electron chi connectivity index (χ2n) is 5.49. The fourth-order valence-corrected chi connectivity index (χ4v) is 3.16. The smallest absolute Gasteiger partial charge is 0.0223 e. The van der Waals surface area contributed by atoms with Crippen LogP contribution in [0.2, 0.25) is 0 Å². The van der Waals surface area contributed by atoms with E-state index in [-0.39, 0.29) is 0 Å². The first-order chi connectivity index (χ1) is 7.79. The fourth-order valence-electron chi connectivity index (χ4n) is 3.16. The Hall–Kier alpha value is -0.120. The van der Waals surface area contributed by atoms with Gasteiger partial charge in [-0.1, -0.05) is 13.8 Å². The SMILES string of the molecule is CCN1CCCC1CN1CCNCC(C)C1. The summed E-state index contributed by atoms with van der Waals surface area (Å²) in [6.45, 7) is 13.4. The Balaban J connectivity index is 1.82. The van der Waals surface area contributed by atoms with E-state index < -0.39 is 0 Å². The molecule has 2 unspecified atom stereocenters. The van der Waals surface area contributed by atoms with E-state index in [0.717, 1.165) is 12.0 Å². The van der Waals surface area contributed by atoms with E-state index in [4.69, 9.17) is 0 Å². The van der Waals surface area contributed by atoms with Gasteiger partial charge in [0.05, 0.1) is 0 Å². The molecule has 2 atom stereocenters. The molecule has 0 saturated carbocycles. The molecular weight excluding hydrogens is 198 g/mol. The predicted octanol–water partition coefficient (Wildman–Crippen LogP) is 1.01. The third kappa shape index (κ3) is 3.19. The van der Waals surface area contributed by atoms with E-state index >= 15 is 0 Å². The zero-order valence-electron chi connectivity index (χ0n) is 10.9. The molecule has 2 aliphatic heterocycles. The standard InChI is InChI=1S/C13H27N3/c1-3-16-7-4-5-13(16)11-15-8-6-14-9-12(2)10-15/h12-14H,3-11H2,1-2H3. The zero-order valence-corrected chi connectivity index (χ0v) is 10.9. The lowest BCUT2D eigenvalue weighted by molar-refractivity contribution is 0.173. The van der Waals surface area contributed by atoms with Crippen LogP contribution in [0.15, 0.2) is 0 Å². The van der Waals surface area contributed by atoms with E-state index in [0.29, 0.717) is 0 Å². The summed E-state index contributed by atoms with van der Waals surface area (Å²) in [5.41, 5.74) is 0. The van der Waals surface area contributed by atoms with Crippen molar-refractivity contribution in [3.05, 3.63) is 0 Å². The van der Waals surface area contributed by atoms with E-state index in [9.17, 15) is 0 Å². The highest BCUT2D eigenvalue weighted by Gasteiger charge is 2.26. The summed E-state index contributed by atoms with van der Waals surface area (Å²) >= 11 is 0. The average Bonchev–Trinajstić information content (AvgIpc) is 2.61. The number of likely N-dealkylation sites (N-methyl/N-ethyl adjacent to an activating group) is 1. The van der Waals surface area contributed by atoms with E-state index in [1.54, 1.807) is 0 Å². The molecule has 0 aromatic heterocycles. The number of hydrogen-bond acceptors (Lipinski definition) is 3.